The van der Waals surface area contributed by atoms with Gasteiger partial charge in [-0.3, -0.25) is 4.99 Å². The summed E-state index contributed by atoms with van der Waals surface area (Å²) in [4.78, 5) is 3.99. The summed E-state index contributed by atoms with van der Waals surface area (Å²) in [6.45, 7) is 10.1. The summed E-state index contributed by atoms with van der Waals surface area (Å²) >= 11 is 0. The zero-order valence-corrected chi connectivity index (χ0v) is 8.96. The van der Waals surface area contributed by atoms with Gasteiger partial charge in [0.1, 0.15) is 0 Å². The van der Waals surface area contributed by atoms with Crippen LogP contribution in [0.2, 0.25) is 0 Å². The molecular formula is C11H21N. The first-order valence-electron chi connectivity index (χ1n) is 4.62. The summed E-state index contributed by atoms with van der Waals surface area (Å²) in [6.07, 6.45) is 8.92. The summed E-state index contributed by atoms with van der Waals surface area (Å²) in [5, 5.41) is 0. The van der Waals surface area contributed by atoms with Gasteiger partial charge in [0.25, 0.3) is 0 Å². The smallest absolute Gasteiger partial charge is 0.0292 e. The van der Waals surface area contributed by atoms with E-state index in [2.05, 4.69) is 24.1 Å². The lowest BCUT2D eigenvalue weighted by Gasteiger charge is -1.85. The molecule has 0 aliphatic rings. The van der Waals surface area contributed by atoms with Gasteiger partial charge in [0.15, 0.2) is 0 Å². The third kappa shape index (κ3) is 11.9. The molecule has 0 atom stereocenters. The summed E-state index contributed by atoms with van der Waals surface area (Å²) in [5.41, 5.74) is 1.19. The summed E-state index contributed by atoms with van der Waals surface area (Å²) in [5.74, 6) is 0. The van der Waals surface area contributed by atoms with E-state index in [0.717, 1.165) is 6.42 Å². The first-order valence-corrected chi connectivity index (χ1v) is 4.62. The van der Waals surface area contributed by atoms with Gasteiger partial charge in [-0.25, -0.2) is 0 Å². The average molecular weight is 167 g/mol. The maximum Gasteiger partial charge on any atom is 0.0292 e. The molecule has 0 bridgehead atoms. The van der Waals surface area contributed by atoms with Gasteiger partial charge >= 0.3 is 0 Å². The van der Waals surface area contributed by atoms with Crippen LogP contribution in [0.25, 0.3) is 0 Å². The Morgan fingerprint density at radius 2 is 1.92 bits per heavy atom. The third-order valence-electron chi connectivity index (χ3n) is 1.04. The van der Waals surface area contributed by atoms with Crippen molar-refractivity contribution in [2.45, 2.75) is 41.0 Å². The van der Waals surface area contributed by atoms with E-state index in [1.54, 1.807) is 6.21 Å². The lowest BCUT2D eigenvalue weighted by atomic mass is 10.3. The molecule has 0 heterocycles. The second-order valence-electron chi connectivity index (χ2n) is 2.09. The van der Waals surface area contributed by atoms with Gasteiger partial charge in [0, 0.05) is 12.4 Å². The average Bonchev–Trinajstić information content (AvgIpc) is 2.14. The van der Waals surface area contributed by atoms with Crippen LogP contribution in [0.1, 0.15) is 41.0 Å². The lowest BCUT2D eigenvalue weighted by molar-refractivity contribution is 1.21. The molecule has 0 saturated carbocycles. The zero-order valence-electron chi connectivity index (χ0n) is 8.96. The Balaban J connectivity index is 0. The molecule has 0 saturated heterocycles. The van der Waals surface area contributed by atoms with Crippen LogP contribution in [-0.2, 0) is 0 Å². The van der Waals surface area contributed by atoms with Crippen LogP contribution in [-0.4, -0.2) is 6.21 Å². The predicted molar refractivity (Wildman–Crippen MR) is 58.7 cm³/mol. The molecule has 12 heavy (non-hydrogen) atoms. The van der Waals surface area contributed by atoms with E-state index < -0.39 is 0 Å². The van der Waals surface area contributed by atoms with Crippen molar-refractivity contribution in [3.8, 4) is 0 Å². The quantitative estimate of drug-likeness (QED) is 0.445. The Morgan fingerprint density at radius 3 is 2.33 bits per heavy atom. The topological polar surface area (TPSA) is 12.4 Å². The maximum atomic E-state index is 3.99. The van der Waals surface area contributed by atoms with E-state index in [9.17, 15) is 0 Å². The highest BCUT2D eigenvalue weighted by Crippen LogP contribution is 1.95. The Labute approximate surface area is 76.9 Å². The summed E-state index contributed by atoms with van der Waals surface area (Å²) in [7, 11) is 0. The van der Waals surface area contributed by atoms with Gasteiger partial charge < -0.3 is 0 Å². The minimum Gasteiger partial charge on any atom is -0.269 e. The van der Waals surface area contributed by atoms with Crippen molar-refractivity contribution in [3.05, 3.63) is 23.9 Å². The fourth-order valence-electron chi connectivity index (χ4n) is 0.539. The fraction of sp³-hybridized carbons (Fsp3) is 0.545. The van der Waals surface area contributed by atoms with Gasteiger partial charge in [-0.05, 0) is 25.8 Å². The molecule has 70 valence electrons. The van der Waals surface area contributed by atoms with Crippen LogP contribution in [0.5, 0.6) is 0 Å². The molecule has 1 heteroatoms. The molecular weight excluding hydrogens is 146 g/mol. The largest absolute Gasteiger partial charge is 0.269 e. The van der Waals surface area contributed by atoms with Crippen LogP contribution in [0.4, 0.5) is 0 Å². The van der Waals surface area contributed by atoms with E-state index in [4.69, 9.17) is 0 Å². The highest BCUT2D eigenvalue weighted by Gasteiger charge is 1.75. The number of hydrogen-bond acceptors (Lipinski definition) is 1. The van der Waals surface area contributed by atoms with E-state index in [1.807, 2.05) is 33.9 Å². The Hall–Kier alpha value is -0.850. The van der Waals surface area contributed by atoms with Crippen molar-refractivity contribution in [3.63, 3.8) is 0 Å². The van der Waals surface area contributed by atoms with E-state index in [0.29, 0.717) is 0 Å². The molecule has 0 fully saturated rings. The second-order valence-corrected chi connectivity index (χ2v) is 2.09. The van der Waals surface area contributed by atoms with Crippen LogP contribution in [0.15, 0.2) is 28.9 Å². The Morgan fingerprint density at radius 1 is 1.33 bits per heavy atom. The zero-order chi connectivity index (χ0) is 9.82. The molecule has 1 nitrogen and oxygen atoms in total. The molecule has 0 rings (SSSR count). The van der Waals surface area contributed by atoms with Gasteiger partial charge in [0.05, 0.1) is 0 Å². The number of rotatable bonds is 3. The maximum absolute atomic E-state index is 3.99. The predicted octanol–water partition coefficient (Wildman–Crippen LogP) is 3.97. The van der Waals surface area contributed by atoms with Gasteiger partial charge in [-0.15, -0.1) is 0 Å². The number of aliphatic imine (C=N–C) groups is 1. The third-order valence-corrected chi connectivity index (χ3v) is 1.04. The molecule has 0 radical (unpaired) electrons. The molecule has 0 aromatic heterocycles. The molecule has 0 aromatic carbocycles. The highest BCUT2D eigenvalue weighted by atomic mass is 14.7. The summed E-state index contributed by atoms with van der Waals surface area (Å²) in [6, 6.07) is 0. The molecule has 0 aromatic rings. The highest BCUT2D eigenvalue weighted by molar-refractivity contribution is 5.54. The minimum absolute atomic E-state index is 1.08. The molecule has 0 amide bonds. The van der Waals surface area contributed by atoms with Crippen LogP contribution in [0.3, 0.4) is 0 Å². The van der Waals surface area contributed by atoms with E-state index >= 15 is 0 Å². The molecule has 0 unspecified atom stereocenters. The van der Waals surface area contributed by atoms with Crippen molar-refractivity contribution >= 4 is 6.21 Å². The second kappa shape index (κ2) is 12.8. The minimum atomic E-state index is 1.08. The summed E-state index contributed by atoms with van der Waals surface area (Å²) < 4.78 is 0. The van der Waals surface area contributed by atoms with E-state index in [-0.39, 0.29) is 0 Å². The van der Waals surface area contributed by atoms with Crippen molar-refractivity contribution in [1.29, 1.82) is 0 Å². The number of nitrogens with zero attached hydrogens (tertiary/aromatic N) is 1. The SMILES string of the molecule is CC.CC=N/C=C(C)\C=C/CC. The standard InChI is InChI=1S/C9H15N.C2H6/c1-4-6-7-9(3)8-10-5-2;1-2/h5-8H,4H2,1-3H3;1-2H3/b7-6-,9-8-,10-5?;. The Bertz CT molecular complexity index is 152. The number of hydrogen-bond donors (Lipinski definition) is 0. The number of allylic oxidation sites excluding steroid dienone is 3. The first kappa shape index (κ1) is 13.7. The molecule has 0 aliphatic heterocycles. The molecule has 0 aliphatic carbocycles. The molecule has 0 spiro atoms. The van der Waals surface area contributed by atoms with Crippen LogP contribution >= 0.6 is 0 Å². The van der Waals surface area contributed by atoms with E-state index in [1.165, 1.54) is 5.57 Å². The van der Waals surface area contributed by atoms with Crippen molar-refractivity contribution in [2.75, 3.05) is 0 Å². The van der Waals surface area contributed by atoms with Gasteiger partial charge in [0.2, 0.25) is 0 Å². The lowest BCUT2D eigenvalue weighted by Crippen LogP contribution is -1.66. The van der Waals surface area contributed by atoms with Crippen molar-refractivity contribution in [2.24, 2.45) is 4.99 Å². The fourth-order valence-corrected chi connectivity index (χ4v) is 0.539. The first-order chi connectivity index (χ1) is 5.81. The van der Waals surface area contributed by atoms with Crippen LogP contribution < -0.4 is 0 Å². The Kier molecular flexibility index (Phi) is 14.6. The van der Waals surface area contributed by atoms with Gasteiger partial charge in [-0.2, -0.15) is 0 Å². The van der Waals surface area contributed by atoms with Crippen LogP contribution in [0, 0.1) is 0 Å². The monoisotopic (exact) mass is 167 g/mol. The normalized spacial score (nSPS) is 11.9. The van der Waals surface area contributed by atoms with Gasteiger partial charge in [-0.1, -0.05) is 32.9 Å². The van der Waals surface area contributed by atoms with Crippen molar-refractivity contribution < 1.29 is 0 Å². The molecule has 0 N–H and O–H groups in total. The van der Waals surface area contributed by atoms with Crippen molar-refractivity contribution in [1.82, 2.24) is 0 Å².